The molecule has 0 heterocycles. The second kappa shape index (κ2) is 4.30. The summed E-state index contributed by atoms with van der Waals surface area (Å²) in [4.78, 5) is 3.18. The molecule has 0 saturated carbocycles. The molecule has 4 heteroatoms. The van der Waals surface area contributed by atoms with Gasteiger partial charge < -0.3 is 0 Å². The monoisotopic (exact) mass is 153 g/mol. The van der Waals surface area contributed by atoms with Gasteiger partial charge in [-0.05, 0) is 12.6 Å². The summed E-state index contributed by atoms with van der Waals surface area (Å²) in [6.45, 7) is 0.840. The standard InChI is InChI=1S/C6H10F3N/c1-2-3-4-10-5-6(7,8)9/h4H,2-3,5H2,1H3/b10-4+. The van der Waals surface area contributed by atoms with Crippen molar-refractivity contribution >= 4 is 6.21 Å². The van der Waals surface area contributed by atoms with Crippen molar-refractivity contribution in [3.05, 3.63) is 0 Å². The van der Waals surface area contributed by atoms with Gasteiger partial charge in [-0.3, -0.25) is 4.99 Å². The van der Waals surface area contributed by atoms with Gasteiger partial charge in [0.05, 0.1) is 0 Å². The first kappa shape index (κ1) is 9.46. The average Bonchev–Trinajstić information content (AvgIpc) is 1.78. The van der Waals surface area contributed by atoms with Gasteiger partial charge in [0.2, 0.25) is 0 Å². The molecule has 60 valence electrons. The zero-order valence-corrected chi connectivity index (χ0v) is 5.78. The summed E-state index contributed by atoms with van der Waals surface area (Å²) in [6.07, 6.45) is -1.38. The van der Waals surface area contributed by atoms with E-state index in [2.05, 4.69) is 4.99 Å². The van der Waals surface area contributed by atoms with E-state index in [4.69, 9.17) is 0 Å². The molecule has 0 amide bonds. The molecule has 0 rings (SSSR count). The van der Waals surface area contributed by atoms with Crippen molar-refractivity contribution in [1.29, 1.82) is 0 Å². The maximum Gasteiger partial charge on any atom is 0.407 e. The molecule has 10 heavy (non-hydrogen) atoms. The summed E-state index contributed by atoms with van der Waals surface area (Å²) >= 11 is 0. The molecule has 0 atom stereocenters. The summed E-state index contributed by atoms with van der Waals surface area (Å²) in [5.74, 6) is 0. The second-order valence-electron chi connectivity index (χ2n) is 1.93. The van der Waals surface area contributed by atoms with Crippen LogP contribution in [0.25, 0.3) is 0 Å². The second-order valence-corrected chi connectivity index (χ2v) is 1.93. The Bertz CT molecular complexity index is 106. The molecule has 0 bridgehead atoms. The third kappa shape index (κ3) is 7.46. The van der Waals surface area contributed by atoms with Gasteiger partial charge in [0.25, 0.3) is 0 Å². The molecule has 0 radical (unpaired) electrons. The first-order chi connectivity index (χ1) is 4.56. The Balaban J connectivity index is 3.34. The Morgan fingerprint density at radius 1 is 1.40 bits per heavy atom. The molecule has 0 aromatic rings. The van der Waals surface area contributed by atoms with E-state index < -0.39 is 12.7 Å². The predicted molar refractivity (Wildman–Crippen MR) is 34.3 cm³/mol. The van der Waals surface area contributed by atoms with Crippen LogP contribution < -0.4 is 0 Å². The summed E-state index contributed by atoms with van der Waals surface area (Å²) in [5.41, 5.74) is 0. The molecule has 0 aromatic carbocycles. The zero-order chi connectivity index (χ0) is 8.04. The maximum atomic E-state index is 11.4. The number of aliphatic imine (C=N–C) groups is 1. The largest absolute Gasteiger partial charge is 0.407 e. The number of hydrogen-bond acceptors (Lipinski definition) is 1. The summed E-state index contributed by atoms with van der Waals surface area (Å²) < 4.78 is 34.1. The fourth-order valence-electron chi connectivity index (χ4n) is 0.388. The van der Waals surface area contributed by atoms with Crippen LogP contribution in [0.4, 0.5) is 13.2 Å². The van der Waals surface area contributed by atoms with E-state index >= 15 is 0 Å². The number of alkyl halides is 3. The minimum atomic E-state index is -4.15. The average molecular weight is 153 g/mol. The van der Waals surface area contributed by atoms with E-state index in [-0.39, 0.29) is 0 Å². The van der Waals surface area contributed by atoms with Crippen LogP contribution in [0, 0.1) is 0 Å². The Hall–Kier alpha value is -0.540. The minimum Gasteiger partial charge on any atom is -0.288 e. The Labute approximate surface area is 58.0 Å². The van der Waals surface area contributed by atoms with Crippen LogP contribution in [-0.2, 0) is 0 Å². The van der Waals surface area contributed by atoms with Gasteiger partial charge in [-0.2, -0.15) is 13.2 Å². The topological polar surface area (TPSA) is 12.4 Å². The van der Waals surface area contributed by atoms with Crippen LogP contribution in [0.15, 0.2) is 4.99 Å². The molecule has 0 saturated heterocycles. The van der Waals surface area contributed by atoms with Crippen LogP contribution in [0.5, 0.6) is 0 Å². The quantitative estimate of drug-likeness (QED) is 0.552. The number of halogens is 3. The minimum absolute atomic E-state index is 0.621. The fourth-order valence-corrected chi connectivity index (χ4v) is 0.388. The molecular weight excluding hydrogens is 143 g/mol. The van der Waals surface area contributed by atoms with Crippen LogP contribution in [-0.4, -0.2) is 18.9 Å². The lowest BCUT2D eigenvalue weighted by Gasteiger charge is -1.99. The molecule has 0 aromatic heterocycles. The van der Waals surface area contributed by atoms with Crippen LogP contribution >= 0.6 is 0 Å². The highest BCUT2D eigenvalue weighted by Crippen LogP contribution is 2.13. The van der Waals surface area contributed by atoms with E-state index in [1.54, 1.807) is 0 Å². The van der Waals surface area contributed by atoms with Crippen molar-refractivity contribution in [2.24, 2.45) is 4.99 Å². The number of nitrogens with zero attached hydrogens (tertiary/aromatic N) is 1. The molecule has 0 fully saturated rings. The lowest BCUT2D eigenvalue weighted by atomic mass is 10.4. The predicted octanol–water partition coefficient (Wildman–Crippen LogP) is 2.42. The molecule has 0 aliphatic carbocycles. The van der Waals surface area contributed by atoms with Crippen molar-refractivity contribution < 1.29 is 13.2 Å². The smallest absolute Gasteiger partial charge is 0.288 e. The van der Waals surface area contributed by atoms with E-state index in [1.165, 1.54) is 6.21 Å². The maximum absolute atomic E-state index is 11.4. The summed E-state index contributed by atoms with van der Waals surface area (Å²) in [5, 5.41) is 0. The van der Waals surface area contributed by atoms with Gasteiger partial charge in [0.15, 0.2) is 0 Å². The van der Waals surface area contributed by atoms with E-state index in [1.807, 2.05) is 6.92 Å². The third-order valence-electron chi connectivity index (χ3n) is 0.817. The Kier molecular flexibility index (Phi) is 4.07. The van der Waals surface area contributed by atoms with Gasteiger partial charge in [0.1, 0.15) is 6.54 Å². The van der Waals surface area contributed by atoms with Crippen molar-refractivity contribution in [3.8, 4) is 0 Å². The molecule has 1 nitrogen and oxygen atoms in total. The SMILES string of the molecule is CCC/C=N/CC(F)(F)F. The molecule has 0 N–H and O–H groups in total. The lowest BCUT2D eigenvalue weighted by Crippen LogP contribution is -2.11. The first-order valence-electron chi connectivity index (χ1n) is 3.11. The number of rotatable bonds is 3. The van der Waals surface area contributed by atoms with Crippen molar-refractivity contribution in [3.63, 3.8) is 0 Å². The normalized spacial score (nSPS) is 12.8. The van der Waals surface area contributed by atoms with Crippen molar-refractivity contribution in [2.75, 3.05) is 6.54 Å². The molecule has 0 unspecified atom stereocenters. The molecular formula is C6H10F3N. The highest BCUT2D eigenvalue weighted by Gasteiger charge is 2.25. The number of hydrogen-bond donors (Lipinski definition) is 0. The van der Waals surface area contributed by atoms with Gasteiger partial charge >= 0.3 is 6.18 Å². The Morgan fingerprint density at radius 3 is 2.40 bits per heavy atom. The van der Waals surface area contributed by atoms with Crippen LogP contribution in [0.1, 0.15) is 19.8 Å². The van der Waals surface area contributed by atoms with Gasteiger partial charge in [0, 0.05) is 0 Å². The zero-order valence-electron chi connectivity index (χ0n) is 5.78. The van der Waals surface area contributed by atoms with Crippen molar-refractivity contribution in [1.82, 2.24) is 0 Å². The third-order valence-corrected chi connectivity index (χ3v) is 0.817. The first-order valence-corrected chi connectivity index (χ1v) is 3.11. The van der Waals surface area contributed by atoms with Gasteiger partial charge in [-0.25, -0.2) is 0 Å². The van der Waals surface area contributed by atoms with Crippen LogP contribution in [0.3, 0.4) is 0 Å². The molecule has 0 aliphatic heterocycles. The molecule has 0 aliphatic rings. The number of unbranched alkanes of at least 4 members (excludes halogenated alkanes) is 1. The molecule has 0 spiro atoms. The summed E-state index contributed by atoms with van der Waals surface area (Å²) in [6, 6.07) is 0. The lowest BCUT2D eigenvalue weighted by molar-refractivity contribution is -0.118. The van der Waals surface area contributed by atoms with Gasteiger partial charge in [-0.15, -0.1) is 0 Å². The van der Waals surface area contributed by atoms with Crippen LogP contribution in [0.2, 0.25) is 0 Å². The summed E-state index contributed by atoms with van der Waals surface area (Å²) in [7, 11) is 0. The van der Waals surface area contributed by atoms with E-state index in [0.29, 0.717) is 6.42 Å². The van der Waals surface area contributed by atoms with E-state index in [9.17, 15) is 13.2 Å². The van der Waals surface area contributed by atoms with Crippen molar-refractivity contribution in [2.45, 2.75) is 25.9 Å². The fraction of sp³-hybridized carbons (Fsp3) is 0.833. The highest BCUT2D eigenvalue weighted by molar-refractivity contribution is 5.56. The highest BCUT2D eigenvalue weighted by atomic mass is 19.4. The Morgan fingerprint density at radius 2 is 2.00 bits per heavy atom. The van der Waals surface area contributed by atoms with Gasteiger partial charge in [-0.1, -0.05) is 13.3 Å². The van der Waals surface area contributed by atoms with E-state index in [0.717, 1.165) is 6.42 Å².